The second kappa shape index (κ2) is 9.84. The Hall–Kier alpha value is -2.05. The minimum atomic E-state index is 0.535. The van der Waals surface area contributed by atoms with Gasteiger partial charge in [-0.15, -0.1) is 0 Å². The number of hydrogen-bond acceptors (Lipinski definition) is 5. The first kappa shape index (κ1) is 21.2. The van der Waals surface area contributed by atoms with Crippen LogP contribution in [0, 0.1) is 12.8 Å². The van der Waals surface area contributed by atoms with E-state index in [2.05, 4.69) is 22.5 Å². The lowest BCUT2D eigenvalue weighted by atomic mass is 9.95. The summed E-state index contributed by atoms with van der Waals surface area (Å²) in [7, 11) is 3.42. The maximum Gasteiger partial charge on any atom is 0.165 e. The summed E-state index contributed by atoms with van der Waals surface area (Å²) in [5.41, 5.74) is 2.47. The molecule has 2 aliphatic heterocycles. The van der Waals surface area contributed by atoms with Crippen LogP contribution in [0.3, 0.4) is 0 Å². The van der Waals surface area contributed by atoms with E-state index in [1.165, 1.54) is 29.9 Å². The van der Waals surface area contributed by atoms with Crippen molar-refractivity contribution in [3.63, 3.8) is 0 Å². The minimum absolute atomic E-state index is 0.535. The Labute approximate surface area is 180 Å². The van der Waals surface area contributed by atoms with Gasteiger partial charge in [0.1, 0.15) is 5.82 Å². The number of benzene rings is 1. The van der Waals surface area contributed by atoms with Gasteiger partial charge in [0.15, 0.2) is 11.5 Å². The van der Waals surface area contributed by atoms with Crippen LogP contribution in [0.4, 0.5) is 0 Å². The van der Waals surface area contributed by atoms with Crippen molar-refractivity contribution in [1.82, 2.24) is 14.5 Å². The van der Waals surface area contributed by atoms with Crippen molar-refractivity contribution < 1.29 is 14.2 Å². The molecule has 2 aromatic rings. The van der Waals surface area contributed by atoms with Crippen LogP contribution in [0.2, 0.25) is 0 Å². The molecule has 0 bridgehead atoms. The van der Waals surface area contributed by atoms with Crippen molar-refractivity contribution in [2.45, 2.75) is 51.6 Å². The molecule has 1 aromatic carbocycles. The summed E-state index contributed by atoms with van der Waals surface area (Å²) in [5, 5.41) is 0. The van der Waals surface area contributed by atoms with Gasteiger partial charge >= 0.3 is 0 Å². The van der Waals surface area contributed by atoms with E-state index in [0.29, 0.717) is 11.8 Å². The molecule has 2 fully saturated rings. The molecule has 30 heavy (non-hydrogen) atoms. The fourth-order valence-corrected chi connectivity index (χ4v) is 5.02. The Morgan fingerprint density at radius 2 is 1.97 bits per heavy atom. The van der Waals surface area contributed by atoms with Crippen molar-refractivity contribution >= 4 is 0 Å². The smallest absolute Gasteiger partial charge is 0.165 e. The maximum atomic E-state index is 5.65. The number of likely N-dealkylation sites (tertiary alicyclic amines) is 1. The zero-order chi connectivity index (χ0) is 20.9. The van der Waals surface area contributed by atoms with Gasteiger partial charge in [0.25, 0.3) is 0 Å². The van der Waals surface area contributed by atoms with E-state index in [1.807, 2.05) is 18.3 Å². The molecule has 1 atom stereocenters. The highest BCUT2D eigenvalue weighted by Gasteiger charge is 2.26. The first-order valence-corrected chi connectivity index (χ1v) is 11.2. The summed E-state index contributed by atoms with van der Waals surface area (Å²) in [5.74, 6) is 4.10. The van der Waals surface area contributed by atoms with Crippen molar-refractivity contribution in [2.24, 2.45) is 5.92 Å². The number of aryl methyl sites for hydroxylation is 1. The number of ether oxygens (including phenoxy) is 3. The lowest BCUT2D eigenvalue weighted by Crippen LogP contribution is -2.37. The summed E-state index contributed by atoms with van der Waals surface area (Å²) in [6.07, 6.45) is 6.73. The first-order chi connectivity index (χ1) is 14.7. The minimum Gasteiger partial charge on any atom is -0.493 e. The van der Waals surface area contributed by atoms with Gasteiger partial charge in [0.2, 0.25) is 0 Å². The molecule has 2 aliphatic rings. The molecular weight excluding hydrogens is 378 g/mol. The monoisotopic (exact) mass is 413 g/mol. The van der Waals surface area contributed by atoms with Gasteiger partial charge in [-0.1, -0.05) is 12.1 Å². The predicted molar refractivity (Wildman–Crippen MR) is 117 cm³/mol. The van der Waals surface area contributed by atoms with Gasteiger partial charge in [0.05, 0.1) is 14.2 Å². The fourth-order valence-electron chi connectivity index (χ4n) is 5.02. The van der Waals surface area contributed by atoms with E-state index in [0.717, 1.165) is 63.7 Å². The summed E-state index contributed by atoms with van der Waals surface area (Å²) in [6.45, 7) is 8.10. The molecule has 6 heteroatoms. The third kappa shape index (κ3) is 4.65. The van der Waals surface area contributed by atoms with Gasteiger partial charge in [-0.25, -0.2) is 4.98 Å². The molecular formula is C24H35N3O3. The maximum absolute atomic E-state index is 5.65. The highest BCUT2D eigenvalue weighted by atomic mass is 16.5. The molecule has 0 N–H and O–H groups in total. The van der Waals surface area contributed by atoms with Crippen LogP contribution in [-0.4, -0.2) is 55.0 Å². The average molecular weight is 414 g/mol. The molecule has 164 valence electrons. The SMILES string of the molecule is COc1cccc(CN2CCCC(Cn3c(C)cnc3C3CCOCC3)C2)c1OC. The highest BCUT2D eigenvalue weighted by Crippen LogP contribution is 2.33. The van der Waals surface area contributed by atoms with E-state index in [9.17, 15) is 0 Å². The van der Waals surface area contributed by atoms with Crippen LogP contribution in [0.15, 0.2) is 24.4 Å². The number of para-hydroxylation sites is 1. The molecule has 0 saturated carbocycles. The third-order valence-corrected chi connectivity index (χ3v) is 6.59. The molecule has 1 unspecified atom stereocenters. The summed E-state index contributed by atoms with van der Waals surface area (Å²) < 4.78 is 19.2. The molecule has 2 saturated heterocycles. The van der Waals surface area contributed by atoms with Crippen LogP contribution >= 0.6 is 0 Å². The number of hydrogen-bond donors (Lipinski definition) is 0. The Morgan fingerprint density at radius 1 is 1.13 bits per heavy atom. The van der Waals surface area contributed by atoms with Crippen molar-refractivity contribution in [3.05, 3.63) is 41.5 Å². The van der Waals surface area contributed by atoms with Crippen molar-refractivity contribution in [1.29, 1.82) is 0 Å². The number of aromatic nitrogens is 2. The topological polar surface area (TPSA) is 48.8 Å². The normalized spacial score (nSPS) is 21.0. The van der Waals surface area contributed by atoms with Gasteiger partial charge in [-0.05, 0) is 51.1 Å². The second-order valence-corrected chi connectivity index (χ2v) is 8.65. The first-order valence-electron chi connectivity index (χ1n) is 11.2. The van der Waals surface area contributed by atoms with E-state index >= 15 is 0 Å². The van der Waals surface area contributed by atoms with E-state index < -0.39 is 0 Å². The number of nitrogens with zero attached hydrogens (tertiary/aromatic N) is 3. The van der Waals surface area contributed by atoms with E-state index in [-0.39, 0.29) is 0 Å². The zero-order valence-corrected chi connectivity index (χ0v) is 18.6. The molecule has 0 amide bonds. The molecule has 0 aliphatic carbocycles. The van der Waals surface area contributed by atoms with Gasteiger partial charge in [-0.2, -0.15) is 0 Å². The van der Waals surface area contributed by atoms with Crippen LogP contribution < -0.4 is 9.47 Å². The van der Waals surface area contributed by atoms with Crippen LogP contribution in [0.25, 0.3) is 0 Å². The molecule has 6 nitrogen and oxygen atoms in total. The summed E-state index contributed by atoms with van der Waals surface area (Å²) in [4.78, 5) is 7.36. The third-order valence-electron chi connectivity index (χ3n) is 6.59. The van der Waals surface area contributed by atoms with Gasteiger partial charge in [-0.3, -0.25) is 4.90 Å². The molecule has 0 spiro atoms. The number of piperidine rings is 1. The molecule has 0 radical (unpaired) electrons. The lowest BCUT2D eigenvalue weighted by Gasteiger charge is -2.34. The van der Waals surface area contributed by atoms with Crippen molar-refractivity contribution in [2.75, 3.05) is 40.5 Å². The van der Waals surface area contributed by atoms with E-state index in [1.54, 1.807) is 14.2 Å². The van der Waals surface area contributed by atoms with Crippen LogP contribution in [0.5, 0.6) is 11.5 Å². The summed E-state index contributed by atoms with van der Waals surface area (Å²) >= 11 is 0. The number of rotatable bonds is 7. The quantitative estimate of drug-likeness (QED) is 0.686. The number of imidazole rings is 1. The van der Waals surface area contributed by atoms with E-state index in [4.69, 9.17) is 19.2 Å². The Bertz CT molecular complexity index is 829. The van der Waals surface area contributed by atoms with Crippen LogP contribution in [-0.2, 0) is 17.8 Å². The zero-order valence-electron chi connectivity index (χ0n) is 18.6. The lowest BCUT2D eigenvalue weighted by molar-refractivity contribution is 0.0821. The standard InChI is InChI=1S/C24H35N3O3/c1-18-14-25-24(20-9-12-30-13-10-20)27(18)16-19-6-5-11-26(15-19)17-21-7-4-8-22(28-2)23(21)29-3/h4,7-8,14,19-20H,5-6,9-13,15-17H2,1-3H3. The molecule has 1 aromatic heterocycles. The highest BCUT2D eigenvalue weighted by molar-refractivity contribution is 5.46. The molecule has 3 heterocycles. The largest absolute Gasteiger partial charge is 0.493 e. The second-order valence-electron chi connectivity index (χ2n) is 8.65. The Morgan fingerprint density at radius 3 is 2.73 bits per heavy atom. The van der Waals surface area contributed by atoms with Crippen LogP contribution in [0.1, 0.15) is 48.7 Å². The Kier molecular flexibility index (Phi) is 6.95. The Balaban J connectivity index is 1.44. The van der Waals surface area contributed by atoms with Crippen molar-refractivity contribution in [3.8, 4) is 11.5 Å². The van der Waals surface area contributed by atoms with Gasteiger partial charge in [0, 0.05) is 56.2 Å². The number of methoxy groups -OCH3 is 2. The average Bonchev–Trinajstić information content (AvgIpc) is 3.14. The fraction of sp³-hybridized carbons (Fsp3) is 0.625. The van der Waals surface area contributed by atoms with Gasteiger partial charge < -0.3 is 18.8 Å². The predicted octanol–water partition coefficient (Wildman–Crippen LogP) is 4.01. The molecule has 4 rings (SSSR count). The summed E-state index contributed by atoms with van der Waals surface area (Å²) in [6, 6.07) is 6.16.